The van der Waals surface area contributed by atoms with Gasteiger partial charge in [0.1, 0.15) is 0 Å². The highest BCUT2D eigenvalue weighted by Gasteiger charge is 2.09. The Morgan fingerprint density at radius 3 is 2.53 bits per heavy atom. The van der Waals surface area contributed by atoms with Crippen molar-refractivity contribution in [2.24, 2.45) is 5.73 Å². The van der Waals surface area contributed by atoms with E-state index < -0.39 is 0 Å². The molecule has 19 heavy (non-hydrogen) atoms. The molecule has 2 aromatic rings. The van der Waals surface area contributed by atoms with Crippen molar-refractivity contribution in [1.29, 1.82) is 0 Å². The number of anilines is 1. The maximum atomic E-state index is 5.88. The largest absolute Gasteiger partial charge is 0.377 e. The van der Waals surface area contributed by atoms with Gasteiger partial charge in [0.25, 0.3) is 0 Å². The van der Waals surface area contributed by atoms with Crippen molar-refractivity contribution >= 4 is 33.4 Å². The Morgan fingerprint density at radius 1 is 1.21 bits per heavy atom. The van der Waals surface area contributed by atoms with E-state index in [2.05, 4.69) is 57.8 Å². The Balaban J connectivity index is 2.15. The number of nitrogens with one attached hydrogen (secondary N) is 1. The number of halogens is 1. The Hall–Kier alpha value is -0.970. The van der Waals surface area contributed by atoms with Gasteiger partial charge in [0.15, 0.2) is 0 Å². The molecule has 0 bridgehead atoms. The number of nitrogens with two attached hydrogens (primary N) is 1. The first kappa shape index (κ1) is 14.4. The van der Waals surface area contributed by atoms with Crippen molar-refractivity contribution in [3.05, 3.63) is 58.6 Å². The van der Waals surface area contributed by atoms with Crippen LogP contribution in [-0.4, -0.2) is 12.8 Å². The Kier molecular flexibility index (Phi) is 5.31. The zero-order valence-electron chi connectivity index (χ0n) is 10.8. The van der Waals surface area contributed by atoms with E-state index in [4.69, 9.17) is 5.73 Å². The Bertz CT molecular complexity index is 528. The van der Waals surface area contributed by atoms with Crippen molar-refractivity contribution in [3.8, 4) is 0 Å². The number of benzene rings is 2. The van der Waals surface area contributed by atoms with E-state index in [-0.39, 0.29) is 6.04 Å². The SMILES string of the molecule is CSc1ccc(C(CN)Nc2cccc(Br)c2)cc1. The molecule has 2 aromatic carbocycles. The predicted molar refractivity (Wildman–Crippen MR) is 87.8 cm³/mol. The maximum absolute atomic E-state index is 5.88. The molecule has 0 aliphatic heterocycles. The van der Waals surface area contributed by atoms with Crippen LogP contribution in [0.5, 0.6) is 0 Å². The van der Waals surface area contributed by atoms with Crippen LogP contribution in [0.25, 0.3) is 0 Å². The third-order valence-electron chi connectivity index (χ3n) is 2.92. The third-order valence-corrected chi connectivity index (χ3v) is 4.16. The van der Waals surface area contributed by atoms with Crippen molar-refractivity contribution < 1.29 is 0 Å². The van der Waals surface area contributed by atoms with E-state index in [1.807, 2.05) is 18.2 Å². The average Bonchev–Trinajstić information content (AvgIpc) is 2.45. The minimum absolute atomic E-state index is 0.130. The van der Waals surface area contributed by atoms with Gasteiger partial charge < -0.3 is 11.1 Å². The third kappa shape index (κ3) is 4.00. The van der Waals surface area contributed by atoms with Gasteiger partial charge in [-0.3, -0.25) is 0 Å². The van der Waals surface area contributed by atoms with Gasteiger partial charge in [-0.2, -0.15) is 0 Å². The first-order valence-electron chi connectivity index (χ1n) is 6.09. The van der Waals surface area contributed by atoms with Gasteiger partial charge in [0.05, 0.1) is 6.04 Å². The first-order chi connectivity index (χ1) is 9.22. The molecular formula is C15H17BrN2S. The van der Waals surface area contributed by atoms with Crippen LogP contribution in [0.4, 0.5) is 5.69 Å². The Morgan fingerprint density at radius 2 is 1.95 bits per heavy atom. The van der Waals surface area contributed by atoms with Crippen molar-refractivity contribution in [1.82, 2.24) is 0 Å². The summed E-state index contributed by atoms with van der Waals surface area (Å²) in [5, 5.41) is 3.46. The van der Waals surface area contributed by atoms with Crippen LogP contribution in [0.15, 0.2) is 57.9 Å². The Labute approximate surface area is 126 Å². The van der Waals surface area contributed by atoms with Gasteiger partial charge in [-0.15, -0.1) is 11.8 Å². The fraction of sp³-hybridized carbons (Fsp3) is 0.200. The molecule has 0 fully saturated rings. The second-order valence-electron chi connectivity index (χ2n) is 4.22. The summed E-state index contributed by atoms with van der Waals surface area (Å²) in [4.78, 5) is 1.27. The normalized spacial score (nSPS) is 12.2. The highest BCUT2D eigenvalue weighted by atomic mass is 79.9. The van der Waals surface area contributed by atoms with E-state index >= 15 is 0 Å². The van der Waals surface area contributed by atoms with Crippen LogP contribution in [0.3, 0.4) is 0 Å². The lowest BCUT2D eigenvalue weighted by Crippen LogP contribution is -2.20. The van der Waals surface area contributed by atoms with Gasteiger partial charge in [-0.25, -0.2) is 0 Å². The molecule has 0 aliphatic carbocycles. The van der Waals surface area contributed by atoms with Crippen LogP contribution in [0.2, 0.25) is 0 Å². The minimum Gasteiger partial charge on any atom is -0.377 e. The van der Waals surface area contributed by atoms with Crippen molar-refractivity contribution in [3.63, 3.8) is 0 Å². The summed E-state index contributed by atoms with van der Waals surface area (Å²) in [6.07, 6.45) is 2.08. The molecule has 0 saturated carbocycles. The van der Waals surface area contributed by atoms with E-state index in [0.717, 1.165) is 10.2 Å². The average molecular weight is 337 g/mol. The molecule has 1 atom stereocenters. The molecule has 0 aromatic heterocycles. The lowest BCUT2D eigenvalue weighted by Gasteiger charge is -2.19. The van der Waals surface area contributed by atoms with Gasteiger partial charge in [0.2, 0.25) is 0 Å². The molecule has 0 radical (unpaired) electrons. The second kappa shape index (κ2) is 6.98. The summed E-state index contributed by atoms with van der Waals surface area (Å²) in [6.45, 7) is 0.561. The van der Waals surface area contributed by atoms with Crippen molar-refractivity contribution in [2.75, 3.05) is 18.1 Å². The topological polar surface area (TPSA) is 38.0 Å². The van der Waals surface area contributed by atoms with E-state index in [9.17, 15) is 0 Å². The summed E-state index contributed by atoms with van der Waals surface area (Å²) in [5.41, 5.74) is 8.16. The minimum atomic E-state index is 0.130. The molecule has 2 rings (SSSR count). The van der Waals surface area contributed by atoms with Crippen LogP contribution in [0.1, 0.15) is 11.6 Å². The summed E-state index contributed by atoms with van der Waals surface area (Å²) in [5.74, 6) is 0. The zero-order valence-corrected chi connectivity index (χ0v) is 13.2. The molecule has 0 heterocycles. The number of rotatable bonds is 5. The van der Waals surface area contributed by atoms with Gasteiger partial charge in [-0.05, 0) is 42.2 Å². The molecule has 4 heteroatoms. The molecule has 100 valence electrons. The smallest absolute Gasteiger partial charge is 0.0636 e. The van der Waals surface area contributed by atoms with Crippen molar-refractivity contribution in [2.45, 2.75) is 10.9 Å². The highest BCUT2D eigenvalue weighted by Crippen LogP contribution is 2.23. The summed E-state index contributed by atoms with van der Waals surface area (Å²) in [7, 11) is 0. The van der Waals surface area contributed by atoms with Crippen LogP contribution >= 0.6 is 27.7 Å². The fourth-order valence-corrected chi connectivity index (χ4v) is 2.70. The summed E-state index contributed by atoms with van der Waals surface area (Å²) >= 11 is 5.22. The second-order valence-corrected chi connectivity index (χ2v) is 6.01. The van der Waals surface area contributed by atoms with E-state index in [1.54, 1.807) is 11.8 Å². The molecule has 0 amide bonds. The zero-order chi connectivity index (χ0) is 13.7. The van der Waals surface area contributed by atoms with Gasteiger partial charge >= 0.3 is 0 Å². The standard InChI is InChI=1S/C15H17BrN2S/c1-19-14-7-5-11(6-8-14)15(10-17)18-13-4-2-3-12(16)9-13/h2-9,15,18H,10,17H2,1H3. The van der Waals surface area contributed by atoms with E-state index in [0.29, 0.717) is 6.54 Å². The molecule has 0 saturated heterocycles. The van der Waals surface area contributed by atoms with Crippen LogP contribution < -0.4 is 11.1 Å². The van der Waals surface area contributed by atoms with Gasteiger partial charge in [0, 0.05) is 21.6 Å². The monoisotopic (exact) mass is 336 g/mol. The lowest BCUT2D eigenvalue weighted by atomic mass is 10.1. The first-order valence-corrected chi connectivity index (χ1v) is 8.11. The summed E-state index contributed by atoms with van der Waals surface area (Å²) in [6, 6.07) is 16.8. The van der Waals surface area contributed by atoms with Gasteiger partial charge in [-0.1, -0.05) is 34.1 Å². The lowest BCUT2D eigenvalue weighted by molar-refractivity contribution is 0.789. The van der Waals surface area contributed by atoms with E-state index in [1.165, 1.54) is 10.5 Å². The molecule has 3 N–H and O–H groups in total. The quantitative estimate of drug-likeness (QED) is 0.800. The van der Waals surface area contributed by atoms with Crippen LogP contribution in [0, 0.1) is 0 Å². The highest BCUT2D eigenvalue weighted by molar-refractivity contribution is 9.10. The fourth-order valence-electron chi connectivity index (χ4n) is 1.89. The molecule has 0 aliphatic rings. The molecule has 2 nitrogen and oxygen atoms in total. The molecule has 1 unspecified atom stereocenters. The number of thioether (sulfide) groups is 1. The maximum Gasteiger partial charge on any atom is 0.0636 e. The molecular weight excluding hydrogens is 320 g/mol. The summed E-state index contributed by atoms with van der Waals surface area (Å²) < 4.78 is 1.06. The molecule has 0 spiro atoms. The van der Waals surface area contributed by atoms with Crippen LogP contribution in [-0.2, 0) is 0 Å². The number of hydrogen-bond donors (Lipinski definition) is 2. The number of hydrogen-bond acceptors (Lipinski definition) is 3. The predicted octanol–water partition coefficient (Wildman–Crippen LogP) is 4.28.